The van der Waals surface area contributed by atoms with Crippen molar-refractivity contribution in [3.05, 3.63) is 41.5 Å². The van der Waals surface area contributed by atoms with Gasteiger partial charge in [0.15, 0.2) is 5.82 Å². The Balaban J connectivity index is 0.00000261. The topological polar surface area (TPSA) is 109 Å². The monoisotopic (exact) mass is 393 g/mol. The number of carbonyl (C=O) groups excluding carboxylic acids is 2. The minimum Gasteiger partial charge on any atom is -0.354 e. The molecule has 1 unspecified atom stereocenters. The van der Waals surface area contributed by atoms with Gasteiger partial charge in [0.1, 0.15) is 0 Å². The van der Waals surface area contributed by atoms with Gasteiger partial charge in [-0.25, -0.2) is 0 Å². The molecule has 1 atom stereocenters. The fraction of sp³-hybridized carbons (Fsp3) is 0.444. The molecule has 3 rings (SSSR count). The molecule has 2 amide bonds. The van der Waals surface area contributed by atoms with Gasteiger partial charge in [-0.05, 0) is 38.4 Å². The van der Waals surface area contributed by atoms with Crippen molar-refractivity contribution in [2.24, 2.45) is 0 Å². The largest absolute Gasteiger partial charge is 0.354 e. The molecule has 1 aliphatic rings. The zero-order valence-electron chi connectivity index (χ0n) is 15.2. The number of hydrogen-bond donors (Lipinski definition) is 3. The van der Waals surface area contributed by atoms with E-state index in [0.717, 1.165) is 30.6 Å². The van der Waals surface area contributed by atoms with E-state index in [1.165, 1.54) is 0 Å². The van der Waals surface area contributed by atoms with Crippen LogP contribution in [0.1, 0.15) is 30.1 Å². The number of nitrogens with one attached hydrogen (secondary N) is 3. The number of nitrogens with zero attached hydrogens (tertiary/aromatic N) is 2. The molecule has 2 heterocycles. The number of amides is 2. The van der Waals surface area contributed by atoms with E-state index in [1.54, 1.807) is 0 Å². The van der Waals surface area contributed by atoms with E-state index in [9.17, 15) is 9.59 Å². The van der Waals surface area contributed by atoms with Gasteiger partial charge in [0.2, 0.25) is 17.7 Å². The van der Waals surface area contributed by atoms with Crippen LogP contribution in [0, 0.1) is 6.92 Å². The Bertz CT molecular complexity index is 757. The summed E-state index contributed by atoms with van der Waals surface area (Å²) in [6, 6.07) is 7.45. The highest BCUT2D eigenvalue weighted by molar-refractivity contribution is 5.91. The number of hydrogen-bond acceptors (Lipinski definition) is 6. The Kier molecular flexibility index (Phi) is 7.75. The van der Waals surface area contributed by atoms with Crippen molar-refractivity contribution in [1.29, 1.82) is 0 Å². The second kappa shape index (κ2) is 10.0. The fourth-order valence-corrected chi connectivity index (χ4v) is 2.77. The van der Waals surface area contributed by atoms with Crippen LogP contribution in [0.2, 0.25) is 0 Å². The molecule has 0 saturated carbocycles. The summed E-state index contributed by atoms with van der Waals surface area (Å²) in [7, 11) is 0. The minimum atomic E-state index is -0.207. The second-order valence-corrected chi connectivity index (χ2v) is 6.39. The third kappa shape index (κ3) is 6.33. The lowest BCUT2D eigenvalue weighted by atomic mass is 10.2. The van der Waals surface area contributed by atoms with Crippen LogP contribution in [0.3, 0.4) is 0 Å². The Morgan fingerprint density at radius 1 is 1.30 bits per heavy atom. The second-order valence-electron chi connectivity index (χ2n) is 6.39. The summed E-state index contributed by atoms with van der Waals surface area (Å²) in [5.74, 6) is 0.526. The summed E-state index contributed by atoms with van der Waals surface area (Å²) in [5, 5.41) is 12.6. The minimum absolute atomic E-state index is 0. The molecule has 0 bridgehead atoms. The zero-order valence-corrected chi connectivity index (χ0v) is 16.0. The number of aryl methyl sites for hydroxylation is 1. The van der Waals surface area contributed by atoms with E-state index >= 15 is 0 Å². The normalized spacial score (nSPS) is 15.8. The summed E-state index contributed by atoms with van der Waals surface area (Å²) in [6.45, 7) is 3.29. The molecule has 1 fully saturated rings. The van der Waals surface area contributed by atoms with Crippen molar-refractivity contribution < 1.29 is 14.1 Å². The highest BCUT2D eigenvalue weighted by Gasteiger charge is 2.21. The van der Waals surface area contributed by atoms with Crippen LogP contribution in [-0.2, 0) is 22.4 Å². The van der Waals surface area contributed by atoms with Crippen molar-refractivity contribution >= 4 is 29.9 Å². The van der Waals surface area contributed by atoms with Crippen LogP contribution in [0.5, 0.6) is 0 Å². The molecular weight excluding hydrogens is 370 g/mol. The maximum Gasteiger partial charge on any atom is 0.237 e. The molecule has 9 heteroatoms. The van der Waals surface area contributed by atoms with Crippen LogP contribution in [0.15, 0.2) is 28.8 Å². The first-order valence-corrected chi connectivity index (χ1v) is 8.79. The van der Waals surface area contributed by atoms with Gasteiger partial charge < -0.3 is 20.5 Å². The predicted octanol–water partition coefficient (Wildman–Crippen LogP) is 1.39. The SMILES string of the molecule is Cc1ccc(NC(=O)Cc2noc(CCNC(=O)C3CCCN3)n2)cc1.Cl. The summed E-state index contributed by atoms with van der Waals surface area (Å²) < 4.78 is 5.13. The zero-order chi connectivity index (χ0) is 18.4. The van der Waals surface area contributed by atoms with Gasteiger partial charge in [0.05, 0.1) is 12.5 Å². The number of anilines is 1. The first-order valence-electron chi connectivity index (χ1n) is 8.79. The van der Waals surface area contributed by atoms with Crippen molar-refractivity contribution in [2.45, 2.75) is 38.6 Å². The molecule has 1 aliphatic heterocycles. The van der Waals surface area contributed by atoms with E-state index in [-0.39, 0.29) is 36.7 Å². The standard InChI is InChI=1S/C18H23N5O3.ClH/c1-12-4-6-13(7-5-12)21-16(24)11-15-22-17(26-23-15)8-10-20-18(25)14-3-2-9-19-14;/h4-7,14,19H,2-3,8-11H2,1H3,(H,20,25)(H,21,24);1H. The summed E-state index contributed by atoms with van der Waals surface area (Å²) in [4.78, 5) is 28.1. The number of benzene rings is 1. The van der Waals surface area contributed by atoms with Crippen molar-refractivity contribution in [3.63, 3.8) is 0 Å². The fourth-order valence-electron chi connectivity index (χ4n) is 2.77. The summed E-state index contributed by atoms with van der Waals surface area (Å²) >= 11 is 0. The molecule has 1 aromatic carbocycles. The first kappa shape index (κ1) is 20.9. The molecule has 0 spiro atoms. The van der Waals surface area contributed by atoms with Gasteiger partial charge in [-0.2, -0.15) is 4.98 Å². The number of carbonyl (C=O) groups is 2. The summed E-state index contributed by atoms with van der Waals surface area (Å²) in [6.07, 6.45) is 2.36. The first-order chi connectivity index (χ1) is 12.6. The lowest BCUT2D eigenvalue weighted by Crippen LogP contribution is -2.41. The molecule has 146 valence electrons. The molecule has 3 N–H and O–H groups in total. The van der Waals surface area contributed by atoms with E-state index in [1.807, 2.05) is 31.2 Å². The molecular formula is C18H24ClN5O3. The quantitative estimate of drug-likeness (QED) is 0.655. The Labute approximate surface area is 163 Å². The lowest BCUT2D eigenvalue weighted by Gasteiger charge is -2.09. The van der Waals surface area contributed by atoms with Gasteiger partial charge in [0.25, 0.3) is 0 Å². The van der Waals surface area contributed by atoms with Crippen LogP contribution in [-0.4, -0.2) is 41.1 Å². The highest BCUT2D eigenvalue weighted by Crippen LogP contribution is 2.09. The predicted molar refractivity (Wildman–Crippen MR) is 103 cm³/mol. The molecule has 1 saturated heterocycles. The van der Waals surface area contributed by atoms with Gasteiger partial charge in [0, 0.05) is 18.7 Å². The van der Waals surface area contributed by atoms with Crippen LogP contribution >= 0.6 is 12.4 Å². The molecule has 27 heavy (non-hydrogen) atoms. The van der Waals surface area contributed by atoms with Crippen molar-refractivity contribution in [1.82, 2.24) is 20.8 Å². The van der Waals surface area contributed by atoms with Gasteiger partial charge >= 0.3 is 0 Å². The van der Waals surface area contributed by atoms with Crippen LogP contribution in [0.25, 0.3) is 0 Å². The average Bonchev–Trinajstić information content (AvgIpc) is 3.29. The Morgan fingerprint density at radius 2 is 2.07 bits per heavy atom. The third-order valence-corrected chi connectivity index (χ3v) is 4.18. The van der Waals surface area contributed by atoms with Gasteiger partial charge in [-0.3, -0.25) is 9.59 Å². The van der Waals surface area contributed by atoms with Crippen molar-refractivity contribution in [2.75, 3.05) is 18.4 Å². The highest BCUT2D eigenvalue weighted by atomic mass is 35.5. The average molecular weight is 394 g/mol. The smallest absolute Gasteiger partial charge is 0.237 e. The van der Waals surface area contributed by atoms with Crippen LogP contribution in [0.4, 0.5) is 5.69 Å². The molecule has 1 aromatic heterocycles. The van der Waals surface area contributed by atoms with E-state index in [2.05, 4.69) is 26.1 Å². The van der Waals surface area contributed by atoms with E-state index in [0.29, 0.717) is 24.7 Å². The number of aromatic nitrogens is 2. The Hall–Kier alpha value is -2.45. The van der Waals surface area contributed by atoms with Gasteiger partial charge in [-0.1, -0.05) is 22.9 Å². The van der Waals surface area contributed by atoms with Gasteiger partial charge in [-0.15, -0.1) is 12.4 Å². The molecule has 2 aromatic rings. The summed E-state index contributed by atoms with van der Waals surface area (Å²) in [5.41, 5.74) is 1.86. The van der Waals surface area contributed by atoms with E-state index in [4.69, 9.17) is 4.52 Å². The molecule has 0 aliphatic carbocycles. The Morgan fingerprint density at radius 3 is 2.78 bits per heavy atom. The lowest BCUT2D eigenvalue weighted by molar-refractivity contribution is -0.122. The number of halogens is 1. The molecule has 0 radical (unpaired) electrons. The molecule has 8 nitrogen and oxygen atoms in total. The maximum atomic E-state index is 12.0. The van der Waals surface area contributed by atoms with Crippen molar-refractivity contribution in [3.8, 4) is 0 Å². The number of rotatable bonds is 7. The maximum absolute atomic E-state index is 12.0. The van der Waals surface area contributed by atoms with Crippen LogP contribution < -0.4 is 16.0 Å². The third-order valence-electron chi connectivity index (χ3n) is 4.18. The van der Waals surface area contributed by atoms with E-state index < -0.39 is 0 Å².